The Morgan fingerprint density at radius 2 is 1.94 bits per heavy atom. The van der Waals surface area contributed by atoms with Crippen LogP contribution in [-0.4, -0.2) is 10.9 Å². The predicted molar refractivity (Wildman–Crippen MR) is 50.6 cm³/mol. The van der Waals surface area contributed by atoms with Crippen LogP contribution in [0.3, 0.4) is 0 Å². The van der Waals surface area contributed by atoms with Crippen molar-refractivity contribution in [2.24, 2.45) is 11.5 Å². The number of nitrogens with two attached hydrogens (primary N) is 2. The summed E-state index contributed by atoms with van der Waals surface area (Å²) in [5, 5.41) is 0. The van der Waals surface area contributed by atoms with Crippen LogP contribution in [0.2, 0.25) is 0 Å². The molecule has 1 aromatic rings. The van der Waals surface area contributed by atoms with Gasteiger partial charge in [0, 0.05) is 12.1 Å². The van der Waals surface area contributed by atoms with Gasteiger partial charge in [0.25, 0.3) is 12.3 Å². The fraction of sp³-hybridized carbons (Fsp3) is 0.333. The van der Waals surface area contributed by atoms with E-state index in [1.807, 2.05) is 0 Å². The van der Waals surface area contributed by atoms with Gasteiger partial charge in [-0.15, -0.1) is 0 Å². The molecule has 100 valence electrons. The van der Waals surface area contributed by atoms with Crippen molar-refractivity contribution in [2.45, 2.75) is 19.1 Å². The van der Waals surface area contributed by atoms with Crippen molar-refractivity contribution < 1.29 is 26.7 Å². The second-order valence-corrected chi connectivity index (χ2v) is 3.29. The molecule has 1 amide bonds. The topological polar surface area (TPSA) is 82.0 Å². The molecular formula is C9H8F5N3O. The molecule has 0 unspecified atom stereocenters. The zero-order valence-electron chi connectivity index (χ0n) is 8.76. The molecule has 4 N–H and O–H groups in total. The van der Waals surface area contributed by atoms with Gasteiger partial charge in [-0.05, 0) is 6.07 Å². The monoisotopic (exact) mass is 269 g/mol. The van der Waals surface area contributed by atoms with Crippen LogP contribution in [-0.2, 0) is 12.7 Å². The van der Waals surface area contributed by atoms with Crippen molar-refractivity contribution in [2.75, 3.05) is 0 Å². The van der Waals surface area contributed by atoms with E-state index in [2.05, 4.69) is 4.98 Å². The summed E-state index contributed by atoms with van der Waals surface area (Å²) in [7, 11) is 0. The quantitative estimate of drug-likeness (QED) is 0.817. The van der Waals surface area contributed by atoms with Gasteiger partial charge in [0.15, 0.2) is 0 Å². The third kappa shape index (κ3) is 2.73. The SMILES string of the molecule is NCc1nc(C(N)=O)c(C(F)F)cc1C(F)(F)F. The van der Waals surface area contributed by atoms with Gasteiger partial charge < -0.3 is 11.5 Å². The standard InChI is InChI=1S/C9H8F5N3O/c10-7(11)3-1-4(9(12,13)14)5(2-15)17-6(3)8(16)18/h1,7H,2,15H2,(H2,16,18). The molecule has 0 atom stereocenters. The van der Waals surface area contributed by atoms with E-state index in [0.717, 1.165) is 0 Å². The van der Waals surface area contributed by atoms with Crippen molar-refractivity contribution >= 4 is 5.91 Å². The van der Waals surface area contributed by atoms with Gasteiger partial charge in [0.2, 0.25) is 0 Å². The van der Waals surface area contributed by atoms with Gasteiger partial charge in [-0.3, -0.25) is 4.79 Å². The summed E-state index contributed by atoms with van der Waals surface area (Å²) in [6.07, 6.45) is -8.19. The van der Waals surface area contributed by atoms with E-state index < -0.39 is 47.6 Å². The number of hydrogen-bond acceptors (Lipinski definition) is 3. The number of hydrogen-bond donors (Lipinski definition) is 2. The zero-order chi connectivity index (χ0) is 14.1. The molecule has 0 fully saturated rings. The highest BCUT2D eigenvalue weighted by Crippen LogP contribution is 2.34. The van der Waals surface area contributed by atoms with Crippen molar-refractivity contribution in [3.8, 4) is 0 Å². The minimum Gasteiger partial charge on any atom is -0.364 e. The molecule has 1 rings (SSSR count). The number of primary amides is 1. The van der Waals surface area contributed by atoms with E-state index in [-0.39, 0.29) is 6.07 Å². The van der Waals surface area contributed by atoms with Gasteiger partial charge in [-0.25, -0.2) is 13.8 Å². The first kappa shape index (κ1) is 14.3. The van der Waals surface area contributed by atoms with Crippen LogP contribution in [0.5, 0.6) is 0 Å². The van der Waals surface area contributed by atoms with Crippen LogP contribution in [0.25, 0.3) is 0 Å². The summed E-state index contributed by atoms with van der Waals surface area (Å²) >= 11 is 0. The summed E-state index contributed by atoms with van der Waals surface area (Å²) in [6.45, 7) is -0.654. The summed E-state index contributed by atoms with van der Waals surface area (Å²) in [5.74, 6) is -1.34. The molecule has 0 bridgehead atoms. The summed E-state index contributed by atoms with van der Waals surface area (Å²) < 4.78 is 62.8. The number of aromatic nitrogens is 1. The van der Waals surface area contributed by atoms with Crippen molar-refractivity contribution in [1.82, 2.24) is 4.98 Å². The van der Waals surface area contributed by atoms with Crippen LogP contribution in [0.1, 0.15) is 33.7 Å². The minimum absolute atomic E-state index is 0.153. The van der Waals surface area contributed by atoms with Crippen LogP contribution >= 0.6 is 0 Å². The highest BCUT2D eigenvalue weighted by atomic mass is 19.4. The Labute approximate surface area is 97.8 Å². The summed E-state index contributed by atoms with van der Waals surface area (Å²) in [6, 6.07) is 0.153. The molecule has 0 aliphatic carbocycles. The summed E-state index contributed by atoms with van der Waals surface area (Å²) in [5.41, 5.74) is 5.65. The number of alkyl halides is 5. The largest absolute Gasteiger partial charge is 0.418 e. The number of pyridine rings is 1. The van der Waals surface area contributed by atoms with Gasteiger partial charge in [-0.2, -0.15) is 13.2 Å². The highest BCUT2D eigenvalue weighted by Gasteiger charge is 2.36. The molecule has 0 aromatic carbocycles. The number of nitrogens with zero attached hydrogens (tertiary/aromatic N) is 1. The minimum atomic E-state index is -4.89. The van der Waals surface area contributed by atoms with Crippen LogP contribution in [0.15, 0.2) is 6.07 Å². The summed E-state index contributed by atoms with van der Waals surface area (Å²) in [4.78, 5) is 14.0. The molecule has 4 nitrogen and oxygen atoms in total. The second-order valence-electron chi connectivity index (χ2n) is 3.29. The van der Waals surface area contributed by atoms with Gasteiger partial charge in [-0.1, -0.05) is 0 Å². The third-order valence-corrected chi connectivity index (χ3v) is 2.10. The highest BCUT2D eigenvalue weighted by molar-refractivity contribution is 5.92. The fourth-order valence-electron chi connectivity index (χ4n) is 1.33. The Kier molecular flexibility index (Phi) is 3.85. The molecule has 18 heavy (non-hydrogen) atoms. The molecule has 0 saturated heterocycles. The number of carbonyl (C=O) groups is 1. The Hall–Kier alpha value is -1.77. The average molecular weight is 269 g/mol. The average Bonchev–Trinajstić information content (AvgIpc) is 2.25. The smallest absolute Gasteiger partial charge is 0.364 e. The fourth-order valence-corrected chi connectivity index (χ4v) is 1.33. The van der Waals surface area contributed by atoms with E-state index in [1.165, 1.54) is 0 Å². The lowest BCUT2D eigenvalue weighted by Crippen LogP contribution is -2.22. The van der Waals surface area contributed by atoms with E-state index in [0.29, 0.717) is 0 Å². The lowest BCUT2D eigenvalue weighted by atomic mass is 10.1. The van der Waals surface area contributed by atoms with E-state index >= 15 is 0 Å². The zero-order valence-corrected chi connectivity index (χ0v) is 8.76. The van der Waals surface area contributed by atoms with Crippen LogP contribution < -0.4 is 11.5 Å². The Morgan fingerprint density at radius 1 is 1.39 bits per heavy atom. The molecule has 0 saturated carbocycles. The predicted octanol–water partition coefficient (Wildman–Crippen LogP) is 1.60. The lowest BCUT2D eigenvalue weighted by Gasteiger charge is -2.14. The number of carbonyl (C=O) groups excluding carboxylic acids is 1. The first-order chi connectivity index (χ1) is 8.18. The molecule has 9 heteroatoms. The molecule has 1 aromatic heterocycles. The Balaban J connectivity index is 3.57. The molecular weight excluding hydrogens is 261 g/mol. The first-order valence-electron chi connectivity index (χ1n) is 4.57. The molecule has 1 heterocycles. The van der Waals surface area contributed by atoms with Crippen molar-refractivity contribution in [1.29, 1.82) is 0 Å². The molecule has 0 aliphatic rings. The number of rotatable bonds is 3. The van der Waals surface area contributed by atoms with Crippen molar-refractivity contribution in [3.05, 3.63) is 28.6 Å². The van der Waals surface area contributed by atoms with E-state index in [1.54, 1.807) is 0 Å². The van der Waals surface area contributed by atoms with Gasteiger partial charge in [0.1, 0.15) is 5.69 Å². The van der Waals surface area contributed by atoms with Gasteiger partial charge in [0.05, 0.1) is 11.3 Å². The number of halogens is 5. The normalized spacial score (nSPS) is 11.9. The maximum atomic E-state index is 12.6. The second kappa shape index (κ2) is 4.84. The van der Waals surface area contributed by atoms with Crippen LogP contribution in [0.4, 0.5) is 22.0 Å². The molecule has 0 spiro atoms. The Bertz CT molecular complexity index is 472. The van der Waals surface area contributed by atoms with Gasteiger partial charge >= 0.3 is 6.18 Å². The third-order valence-electron chi connectivity index (χ3n) is 2.10. The maximum Gasteiger partial charge on any atom is 0.418 e. The molecule has 0 aliphatic heterocycles. The van der Waals surface area contributed by atoms with Crippen LogP contribution in [0, 0.1) is 0 Å². The maximum absolute atomic E-state index is 12.6. The number of amides is 1. The van der Waals surface area contributed by atoms with E-state index in [4.69, 9.17) is 11.5 Å². The lowest BCUT2D eigenvalue weighted by molar-refractivity contribution is -0.138. The molecule has 0 radical (unpaired) electrons. The van der Waals surface area contributed by atoms with Crippen molar-refractivity contribution in [3.63, 3.8) is 0 Å². The first-order valence-corrected chi connectivity index (χ1v) is 4.57. The van der Waals surface area contributed by atoms with E-state index in [9.17, 15) is 26.7 Å². The Morgan fingerprint density at radius 3 is 2.28 bits per heavy atom.